The zero-order valence-electron chi connectivity index (χ0n) is 11.0. The van der Waals surface area contributed by atoms with Crippen molar-refractivity contribution in [1.82, 2.24) is 5.32 Å². The Hall–Kier alpha value is -2.19. The number of benzene rings is 1. The van der Waals surface area contributed by atoms with Gasteiger partial charge in [0.15, 0.2) is 0 Å². The van der Waals surface area contributed by atoms with Crippen molar-refractivity contribution in [3.05, 3.63) is 35.4 Å². The lowest BCUT2D eigenvalue weighted by Gasteiger charge is -1.98. The predicted molar refractivity (Wildman–Crippen MR) is 73.9 cm³/mol. The van der Waals surface area contributed by atoms with Crippen molar-refractivity contribution < 1.29 is 4.79 Å². The predicted octanol–water partition coefficient (Wildman–Crippen LogP) is 2.45. The fourth-order valence-electron chi connectivity index (χ4n) is 1.25. The molecule has 0 bridgehead atoms. The number of carbonyl (C=O) groups excluding carboxylic acids is 1. The number of hydrogen-bond donors (Lipinski definition) is 1. The van der Waals surface area contributed by atoms with E-state index in [-0.39, 0.29) is 5.91 Å². The largest absolute Gasteiger partial charge is 0.355 e. The van der Waals surface area contributed by atoms with Crippen molar-refractivity contribution in [2.24, 2.45) is 5.92 Å². The van der Waals surface area contributed by atoms with Gasteiger partial charge in [-0.15, -0.1) is 0 Å². The molecule has 0 spiro atoms. The second-order valence-corrected chi connectivity index (χ2v) is 4.31. The Labute approximate surface area is 109 Å². The fourth-order valence-corrected chi connectivity index (χ4v) is 1.25. The van der Waals surface area contributed by atoms with Gasteiger partial charge in [0.25, 0.3) is 5.91 Å². The molecule has 0 fully saturated rings. The van der Waals surface area contributed by atoms with Gasteiger partial charge < -0.3 is 5.32 Å². The summed E-state index contributed by atoms with van der Waals surface area (Å²) >= 11 is 0. The third-order valence-corrected chi connectivity index (χ3v) is 2.24. The van der Waals surface area contributed by atoms with E-state index in [1.165, 1.54) is 0 Å². The fraction of sp³-hybridized carbons (Fsp3) is 0.312. The van der Waals surface area contributed by atoms with E-state index in [9.17, 15) is 4.79 Å². The summed E-state index contributed by atoms with van der Waals surface area (Å²) in [5.41, 5.74) is 1.50. The molecule has 1 amide bonds. The molecule has 1 aromatic carbocycles. The maximum absolute atomic E-state index is 11.3. The quantitative estimate of drug-likeness (QED) is 0.789. The van der Waals surface area contributed by atoms with E-state index >= 15 is 0 Å². The summed E-state index contributed by atoms with van der Waals surface area (Å²) in [5.74, 6) is 12.1. The molecule has 0 atom stereocenters. The van der Waals surface area contributed by atoms with E-state index in [2.05, 4.69) is 42.8 Å². The van der Waals surface area contributed by atoms with Crippen molar-refractivity contribution in [3.63, 3.8) is 0 Å². The highest BCUT2D eigenvalue weighted by Crippen LogP contribution is 2.02. The average Bonchev–Trinajstić information content (AvgIpc) is 2.38. The Morgan fingerprint density at radius 2 is 1.89 bits per heavy atom. The highest BCUT2D eigenvalue weighted by atomic mass is 16.1. The lowest BCUT2D eigenvalue weighted by Crippen LogP contribution is -2.17. The summed E-state index contributed by atoms with van der Waals surface area (Å²) in [5, 5.41) is 2.57. The van der Waals surface area contributed by atoms with Crippen LogP contribution >= 0.6 is 0 Å². The van der Waals surface area contributed by atoms with E-state index in [1.54, 1.807) is 19.2 Å². The van der Waals surface area contributed by atoms with E-state index in [0.29, 0.717) is 11.5 Å². The van der Waals surface area contributed by atoms with Crippen molar-refractivity contribution >= 4 is 5.91 Å². The molecule has 1 rings (SSSR count). The van der Waals surface area contributed by atoms with Gasteiger partial charge in [-0.05, 0) is 42.0 Å². The standard InChI is InChI=1S/C16H17NO/c1-13(2)7-5-4-6-8-14-9-11-15(12-10-14)16(18)17-3/h9-13H,7H2,1-3H3,(H,17,18). The molecule has 0 aliphatic rings. The average molecular weight is 239 g/mol. The first-order valence-corrected chi connectivity index (χ1v) is 5.94. The molecule has 2 nitrogen and oxygen atoms in total. The second kappa shape index (κ2) is 7.20. The van der Waals surface area contributed by atoms with Gasteiger partial charge in [0.05, 0.1) is 0 Å². The summed E-state index contributed by atoms with van der Waals surface area (Å²) in [6.45, 7) is 4.25. The van der Waals surface area contributed by atoms with Crippen LogP contribution < -0.4 is 5.32 Å². The van der Waals surface area contributed by atoms with Crippen LogP contribution in [-0.2, 0) is 0 Å². The van der Waals surface area contributed by atoms with Gasteiger partial charge in [0, 0.05) is 24.6 Å². The maximum Gasteiger partial charge on any atom is 0.251 e. The van der Waals surface area contributed by atoms with Crippen LogP contribution in [-0.4, -0.2) is 13.0 Å². The van der Waals surface area contributed by atoms with Gasteiger partial charge in [-0.3, -0.25) is 4.79 Å². The minimum absolute atomic E-state index is 0.0914. The Morgan fingerprint density at radius 1 is 1.22 bits per heavy atom. The van der Waals surface area contributed by atoms with Crippen molar-refractivity contribution in [3.8, 4) is 23.7 Å². The number of nitrogens with one attached hydrogen (secondary N) is 1. The third kappa shape index (κ3) is 4.76. The molecule has 92 valence electrons. The van der Waals surface area contributed by atoms with Gasteiger partial charge in [-0.1, -0.05) is 25.7 Å². The Kier molecular flexibility index (Phi) is 5.55. The van der Waals surface area contributed by atoms with Gasteiger partial charge in [-0.2, -0.15) is 0 Å². The van der Waals surface area contributed by atoms with Crippen molar-refractivity contribution in [2.45, 2.75) is 20.3 Å². The lowest BCUT2D eigenvalue weighted by atomic mass is 10.1. The summed E-state index contributed by atoms with van der Waals surface area (Å²) < 4.78 is 0. The summed E-state index contributed by atoms with van der Waals surface area (Å²) in [6, 6.07) is 7.15. The van der Waals surface area contributed by atoms with Crippen molar-refractivity contribution in [2.75, 3.05) is 7.05 Å². The minimum atomic E-state index is -0.0914. The Balaban J connectivity index is 2.66. The zero-order valence-corrected chi connectivity index (χ0v) is 11.0. The number of amides is 1. The molecular formula is C16H17NO. The van der Waals surface area contributed by atoms with Crippen LogP contribution in [0.3, 0.4) is 0 Å². The van der Waals surface area contributed by atoms with Crippen LogP contribution in [0.15, 0.2) is 24.3 Å². The van der Waals surface area contributed by atoms with Gasteiger partial charge >= 0.3 is 0 Å². The molecule has 0 aliphatic carbocycles. The highest BCUT2D eigenvalue weighted by Gasteiger charge is 2.00. The lowest BCUT2D eigenvalue weighted by molar-refractivity contribution is 0.0963. The molecule has 1 aromatic rings. The van der Waals surface area contributed by atoms with Crippen LogP contribution in [0.4, 0.5) is 0 Å². The summed E-state index contributed by atoms with van der Waals surface area (Å²) in [6.07, 6.45) is 0.865. The number of hydrogen-bond acceptors (Lipinski definition) is 1. The molecule has 0 saturated carbocycles. The molecular weight excluding hydrogens is 222 g/mol. The molecule has 0 heterocycles. The van der Waals surface area contributed by atoms with Crippen molar-refractivity contribution in [1.29, 1.82) is 0 Å². The zero-order chi connectivity index (χ0) is 13.4. The molecule has 0 aromatic heterocycles. The van der Waals surface area contributed by atoms with E-state index in [4.69, 9.17) is 0 Å². The van der Waals surface area contributed by atoms with Gasteiger partial charge in [0.2, 0.25) is 0 Å². The van der Waals surface area contributed by atoms with Gasteiger partial charge in [-0.25, -0.2) is 0 Å². The number of rotatable bonds is 2. The topological polar surface area (TPSA) is 29.1 Å². The van der Waals surface area contributed by atoms with E-state index < -0.39 is 0 Å². The SMILES string of the molecule is CNC(=O)c1ccc(C#CC#CCC(C)C)cc1. The first kappa shape index (κ1) is 13.9. The monoisotopic (exact) mass is 239 g/mol. The Morgan fingerprint density at radius 3 is 2.44 bits per heavy atom. The Bertz CT molecular complexity index is 518. The minimum Gasteiger partial charge on any atom is -0.355 e. The maximum atomic E-state index is 11.3. The second-order valence-electron chi connectivity index (χ2n) is 4.31. The molecule has 18 heavy (non-hydrogen) atoms. The first-order valence-electron chi connectivity index (χ1n) is 5.94. The van der Waals surface area contributed by atoms with E-state index in [1.807, 2.05) is 12.1 Å². The molecule has 2 heteroatoms. The van der Waals surface area contributed by atoms with Crippen LogP contribution in [0, 0.1) is 29.6 Å². The first-order chi connectivity index (χ1) is 8.63. The van der Waals surface area contributed by atoms with Crippen LogP contribution in [0.1, 0.15) is 36.2 Å². The van der Waals surface area contributed by atoms with Gasteiger partial charge in [0.1, 0.15) is 0 Å². The van der Waals surface area contributed by atoms with Crippen LogP contribution in [0.2, 0.25) is 0 Å². The van der Waals surface area contributed by atoms with Crippen LogP contribution in [0.5, 0.6) is 0 Å². The number of carbonyl (C=O) groups is 1. The van der Waals surface area contributed by atoms with E-state index in [0.717, 1.165) is 12.0 Å². The third-order valence-electron chi connectivity index (χ3n) is 2.24. The molecule has 1 N–H and O–H groups in total. The summed E-state index contributed by atoms with van der Waals surface area (Å²) in [7, 11) is 1.61. The normalized spacial score (nSPS) is 8.89. The van der Waals surface area contributed by atoms with Crippen LogP contribution in [0.25, 0.3) is 0 Å². The molecule has 0 aliphatic heterocycles. The molecule has 0 saturated heterocycles. The molecule has 0 radical (unpaired) electrons. The summed E-state index contributed by atoms with van der Waals surface area (Å²) in [4.78, 5) is 11.3. The smallest absolute Gasteiger partial charge is 0.251 e. The molecule has 0 unspecified atom stereocenters. The highest BCUT2D eigenvalue weighted by molar-refractivity contribution is 5.94.